The lowest BCUT2D eigenvalue weighted by Gasteiger charge is -2.37. The van der Waals surface area contributed by atoms with Crippen molar-refractivity contribution < 1.29 is 43.3 Å². The number of hydrogen-bond donors (Lipinski definition) is 4. The number of piperidine rings is 1. The molecular formula is C63H77ClFN11O8S. The minimum Gasteiger partial charge on any atom is -0.508 e. The summed E-state index contributed by atoms with van der Waals surface area (Å²) in [5.41, 5.74) is 4.65. The lowest BCUT2D eigenvalue weighted by Crippen LogP contribution is -2.59. The number of halogens is 2. The van der Waals surface area contributed by atoms with Gasteiger partial charge in [0, 0.05) is 102 Å². The lowest BCUT2D eigenvalue weighted by molar-refractivity contribution is -0.144. The van der Waals surface area contributed by atoms with Gasteiger partial charge in [-0.1, -0.05) is 87.5 Å². The topological polar surface area (TPSA) is 209 Å². The van der Waals surface area contributed by atoms with Gasteiger partial charge in [0.1, 0.15) is 35.3 Å². The summed E-state index contributed by atoms with van der Waals surface area (Å²) in [5, 5.41) is 29.5. The number of amides is 4. The molecular weight excluding hydrogens is 1130 g/mol. The van der Waals surface area contributed by atoms with Gasteiger partial charge in [0.05, 0.1) is 53.0 Å². The normalized spacial score (nSPS) is 19.3. The van der Waals surface area contributed by atoms with Crippen molar-refractivity contribution in [3.8, 4) is 33.3 Å². The maximum Gasteiger partial charge on any atom is 0.319 e. The number of piperazine rings is 2. The lowest BCUT2D eigenvalue weighted by atomic mass is 9.85. The van der Waals surface area contributed by atoms with E-state index in [2.05, 4.69) is 36.9 Å². The minimum atomic E-state index is -0.920. The first-order valence-electron chi connectivity index (χ1n) is 29.4. The predicted octanol–water partition coefficient (Wildman–Crippen LogP) is 7.06. The molecule has 4 N–H and O–H groups in total. The summed E-state index contributed by atoms with van der Waals surface area (Å²) in [6, 6.07) is 18.1. The number of aromatic hydroxyl groups is 1. The first kappa shape index (κ1) is 61.2. The zero-order valence-electron chi connectivity index (χ0n) is 49.1. The maximum atomic E-state index is 17.2. The summed E-state index contributed by atoms with van der Waals surface area (Å²) in [6.45, 7) is 22.0. The van der Waals surface area contributed by atoms with Gasteiger partial charge >= 0.3 is 6.01 Å². The molecule has 10 rings (SSSR count). The fourth-order valence-electron chi connectivity index (χ4n) is 12.0. The van der Waals surface area contributed by atoms with E-state index in [4.69, 9.17) is 31.0 Å². The van der Waals surface area contributed by atoms with Crippen LogP contribution >= 0.6 is 22.9 Å². The van der Waals surface area contributed by atoms with Crippen molar-refractivity contribution in [3.63, 3.8) is 0 Å². The summed E-state index contributed by atoms with van der Waals surface area (Å²) in [7, 11) is 0. The van der Waals surface area contributed by atoms with Gasteiger partial charge in [-0.25, -0.2) is 9.37 Å². The van der Waals surface area contributed by atoms with Crippen molar-refractivity contribution >= 4 is 74.1 Å². The molecule has 4 atom stereocenters. The molecule has 6 heterocycles. The number of likely N-dealkylation sites (tertiary alicyclic amines) is 2. The van der Waals surface area contributed by atoms with E-state index in [1.807, 2.05) is 93.6 Å². The van der Waals surface area contributed by atoms with Crippen molar-refractivity contribution in [2.24, 2.45) is 5.41 Å². The Balaban J connectivity index is 0.668. The minimum absolute atomic E-state index is 0.00229. The Kier molecular flexibility index (Phi) is 19.3. The van der Waals surface area contributed by atoms with Gasteiger partial charge in [-0.2, -0.15) is 9.97 Å². The molecule has 22 heteroatoms. The number of aryl methyl sites for hydroxylation is 1. The van der Waals surface area contributed by atoms with Crippen LogP contribution in [0, 0.1) is 18.2 Å². The number of phenolic OH excluding ortho intramolecular Hbond substituents is 1. The van der Waals surface area contributed by atoms with E-state index in [0.717, 1.165) is 71.7 Å². The van der Waals surface area contributed by atoms with Crippen LogP contribution in [0.5, 0.6) is 11.8 Å². The van der Waals surface area contributed by atoms with E-state index in [1.165, 1.54) is 17.0 Å². The molecule has 4 fully saturated rings. The Hall–Kier alpha value is -6.85. The number of aliphatic hydroxyl groups is 1. The Morgan fingerprint density at radius 1 is 0.882 bits per heavy atom. The fraction of sp³-hybridized carbons (Fsp3) is 0.476. The summed E-state index contributed by atoms with van der Waals surface area (Å²) >= 11 is 8.52. The molecule has 6 aromatic rings. The van der Waals surface area contributed by atoms with Crippen molar-refractivity contribution in [3.05, 3.63) is 107 Å². The number of phenols is 1. The Morgan fingerprint density at radius 2 is 1.56 bits per heavy atom. The fourth-order valence-corrected chi connectivity index (χ4v) is 13.1. The molecule has 4 amide bonds. The van der Waals surface area contributed by atoms with Crippen molar-refractivity contribution in [1.82, 2.24) is 50.1 Å². The summed E-state index contributed by atoms with van der Waals surface area (Å²) in [6.07, 6.45) is 1.71. The second kappa shape index (κ2) is 26.8. The number of aliphatic hydroxyl groups excluding tert-OH is 1. The Morgan fingerprint density at radius 3 is 2.24 bits per heavy atom. The van der Waals surface area contributed by atoms with Gasteiger partial charge in [-0.05, 0) is 83.8 Å². The Bertz CT molecular complexity index is 3400. The van der Waals surface area contributed by atoms with Crippen LogP contribution in [-0.2, 0) is 23.9 Å². The van der Waals surface area contributed by atoms with Crippen LogP contribution in [-0.4, -0.2) is 202 Å². The molecule has 4 aliphatic rings. The van der Waals surface area contributed by atoms with Gasteiger partial charge in [0.15, 0.2) is 5.82 Å². The van der Waals surface area contributed by atoms with Crippen LogP contribution in [0.25, 0.3) is 43.2 Å². The van der Waals surface area contributed by atoms with Crippen LogP contribution in [0.15, 0.2) is 84.9 Å². The van der Waals surface area contributed by atoms with Crippen LogP contribution in [0.2, 0.25) is 5.02 Å². The van der Waals surface area contributed by atoms with Crippen LogP contribution in [0.3, 0.4) is 0 Å². The number of rotatable bonds is 19. The molecule has 2 aromatic heterocycles. The highest BCUT2D eigenvalue weighted by Gasteiger charge is 2.45. The number of carbonyl (C=O) groups excluding carboxylic acids is 4. The number of thiazole rings is 1. The monoisotopic (exact) mass is 1200 g/mol. The van der Waals surface area contributed by atoms with Crippen molar-refractivity contribution in [2.75, 3.05) is 110 Å². The van der Waals surface area contributed by atoms with E-state index in [0.29, 0.717) is 82.1 Å². The number of fused-ring (bicyclic) bond motifs is 2. The molecule has 0 aliphatic carbocycles. The van der Waals surface area contributed by atoms with Crippen LogP contribution in [0.4, 0.5) is 10.2 Å². The number of hydrogen-bond acceptors (Lipinski definition) is 16. The highest BCUT2D eigenvalue weighted by Crippen LogP contribution is 2.43. The highest BCUT2D eigenvalue weighted by atomic mass is 35.5. The third kappa shape index (κ3) is 14.4. The van der Waals surface area contributed by atoms with Crippen molar-refractivity contribution in [2.45, 2.75) is 84.2 Å². The van der Waals surface area contributed by atoms with Crippen LogP contribution < -0.4 is 20.3 Å². The standard InChI is InChI=1S/C63H77ClFN11O8S/c1-7-53(80)74-24-26-75(27-25-74)59-49-35-50(64)54(48-33-44(77)32-43-10-8-9-11-47(43)48)55(65)56(49)69-62(70-59)84-46-16-18-71(19-17-46)28-30-83-31-29-72-20-22-73(23-21-72)37-52(79)68-58(63(4,5)6)61(82)76-36-45(78)34-51(76)60(81)67-39(2)41-12-14-42(15-13-41)57-40(3)66-38-85-57/h7-15,32-33,35,38-39,45-46,51,58,77-78H,1,16-31,34,36-37H2,2-6H3,(H,67,81)(H,68,79)/t39-,45+,51-,58+/m0/s1. The summed E-state index contributed by atoms with van der Waals surface area (Å²) in [5.74, 6) is -1.39. The first-order chi connectivity index (χ1) is 40.8. The maximum absolute atomic E-state index is 17.2. The van der Waals surface area contributed by atoms with Gasteiger partial charge in [-0.15, -0.1) is 11.3 Å². The number of nitrogens with zero attached hydrogens (tertiary/aromatic N) is 9. The summed E-state index contributed by atoms with van der Waals surface area (Å²) < 4.78 is 29.8. The molecule has 85 heavy (non-hydrogen) atoms. The molecule has 4 saturated heterocycles. The van der Waals surface area contributed by atoms with Gasteiger partial charge in [-0.3, -0.25) is 29.0 Å². The number of β-amino-alcohol motifs (C(OH)–C–C–N with tert-alkyl or cyclic N) is 1. The van der Waals surface area contributed by atoms with Gasteiger partial charge in [0.2, 0.25) is 23.6 Å². The molecule has 0 spiro atoms. The summed E-state index contributed by atoms with van der Waals surface area (Å²) in [4.78, 5) is 81.1. The van der Waals surface area contributed by atoms with Gasteiger partial charge in [0.25, 0.3) is 0 Å². The number of nitrogens with one attached hydrogen (secondary N) is 2. The molecule has 0 saturated carbocycles. The first-order valence-corrected chi connectivity index (χ1v) is 30.7. The molecule has 0 radical (unpaired) electrons. The number of carbonyl (C=O) groups is 4. The molecule has 19 nitrogen and oxygen atoms in total. The molecule has 4 aliphatic heterocycles. The average molecular weight is 1200 g/mol. The zero-order chi connectivity index (χ0) is 60.1. The SMILES string of the molecule is C=CC(=O)N1CCN(c2nc(OC3CCN(CCOCCN4CCN(CC(=O)N[C@H](C(=O)N5C[C@H](O)C[C@H]5C(=O)N[C@@H](C)c5ccc(-c6scnc6C)cc5)C(C)(C)C)CC4)CC3)nc3c(F)c(-c4cc(O)cc5ccccc45)c(Cl)cc23)CC1. The van der Waals surface area contributed by atoms with E-state index in [-0.39, 0.29) is 77.2 Å². The quantitative estimate of drug-likeness (QED) is 0.0473. The number of benzene rings is 4. The zero-order valence-corrected chi connectivity index (χ0v) is 50.6. The number of ether oxygens (including phenoxy) is 2. The second-order valence-corrected chi connectivity index (χ2v) is 25.0. The van der Waals surface area contributed by atoms with Crippen LogP contribution in [0.1, 0.15) is 64.3 Å². The van der Waals surface area contributed by atoms with E-state index in [9.17, 15) is 29.4 Å². The number of anilines is 1. The van der Waals surface area contributed by atoms with Gasteiger partial charge < -0.3 is 49.9 Å². The number of aromatic nitrogens is 3. The molecule has 0 unspecified atom stereocenters. The highest BCUT2D eigenvalue weighted by molar-refractivity contribution is 7.13. The molecule has 0 bridgehead atoms. The third-order valence-electron chi connectivity index (χ3n) is 16.8. The average Bonchev–Trinajstić information content (AvgIpc) is 1.98. The van der Waals surface area contributed by atoms with E-state index >= 15 is 4.39 Å². The van der Waals surface area contributed by atoms with E-state index in [1.54, 1.807) is 28.4 Å². The third-order valence-corrected chi connectivity index (χ3v) is 18.1. The largest absolute Gasteiger partial charge is 0.508 e. The predicted molar refractivity (Wildman–Crippen MR) is 328 cm³/mol. The smallest absolute Gasteiger partial charge is 0.319 e. The molecule has 4 aromatic carbocycles. The molecule has 452 valence electrons. The second-order valence-electron chi connectivity index (χ2n) is 23.8. The van der Waals surface area contributed by atoms with E-state index < -0.39 is 35.3 Å². The Labute approximate surface area is 504 Å². The van der Waals surface area contributed by atoms with Crippen molar-refractivity contribution in [1.29, 1.82) is 0 Å².